The number of carbonyl (C=O) groups excluding carboxylic acids is 2. The molecule has 4 aromatic rings. The number of ether oxygens (including phenoxy) is 1. The van der Waals surface area contributed by atoms with E-state index in [4.69, 9.17) is 9.72 Å². The molecule has 3 saturated heterocycles. The second-order valence-corrected chi connectivity index (χ2v) is 14.9. The average Bonchev–Trinajstić information content (AvgIpc) is 3.20. The largest absolute Gasteiger partial charge is 0.497 e. The van der Waals surface area contributed by atoms with Gasteiger partial charge in [-0.3, -0.25) is 14.6 Å². The molecule has 2 N–H and O–H groups in total. The van der Waals surface area contributed by atoms with Gasteiger partial charge >= 0.3 is 6.03 Å². The maximum absolute atomic E-state index is 13.6. The van der Waals surface area contributed by atoms with Gasteiger partial charge in [0.1, 0.15) is 5.75 Å². The van der Waals surface area contributed by atoms with Gasteiger partial charge in [-0.1, -0.05) is 24.3 Å². The van der Waals surface area contributed by atoms with E-state index in [2.05, 4.69) is 74.8 Å². The highest BCUT2D eigenvalue weighted by atomic mass is 16.5. The molecule has 0 saturated carbocycles. The van der Waals surface area contributed by atoms with Gasteiger partial charge < -0.3 is 25.2 Å². The molecule has 4 aliphatic heterocycles. The number of benzene rings is 3. The fraction of sp³-hybridized carbons (Fsp3) is 0.429. The summed E-state index contributed by atoms with van der Waals surface area (Å²) in [5.41, 5.74) is 8.79. The van der Waals surface area contributed by atoms with Crippen molar-refractivity contribution < 1.29 is 14.3 Å². The second kappa shape index (κ2) is 15.5. The molecular formula is C42H50N8O3. The number of likely N-dealkylation sites (tertiary alicyclic amines) is 1. The number of hydrogen-bond donors (Lipinski definition) is 2. The second-order valence-electron chi connectivity index (χ2n) is 14.9. The number of amides is 3. The molecule has 0 atom stereocenters. The van der Waals surface area contributed by atoms with Crippen molar-refractivity contribution in [1.82, 2.24) is 25.1 Å². The Morgan fingerprint density at radius 1 is 0.887 bits per heavy atom. The Labute approximate surface area is 312 Å². The van der Waals surface area contributed by atoms with Crippen LogP contribution in [0.5, 0.6) is 5.75 Å². The highest BCUT2D eigenvalue weighted by Gasteiger charge is 2.34. The summed E-state index contributed by atoms with van der Waals surface area (Å²) in [7, 11) is 1.62. The molecule has 276 valence electrons. The first-order valence-corrected chi connectivity index (χ1v) is 19.2. The molecule has 3 fully saturated rings. The fourth-order valence-electron chi connectivity index (χ4n) is 8.47. The van der Waals surface area contributed by atoms with Gasteiger partial charge in [-0.2, -0.15) is 0 Å². The molecule has 11 heteroatoms. The van der Waals surface area contributed by atoms with Gasteiger partial charge in [0.25, 0.3) is 0 Å². The summed E-state index contributed by atoms with van der Waals surface area (Å²) in [5, 5.41) is 6.78. The summed E-state index contributed by atoms with van der Waals surface area (Å²) >= 11 is 0. The molecule has 1 aromatic heterocycles. The highest BCUT2D eigenvalue weighted by Crippen LogP contribution is 2.34. The van der Waals surface area contributed by atoms with Crippen molar-refractivity contribution >= 4 is 34.9 Å². The topological polar surface area (TPSA) is 106 Å². The van der Waals surface area contributed by atoms with E-state index in [1.165, 1.54) is 34.6 Å². The average molecular weight is 715 g/mol. The lowest BCUT2D eigenvalue weighted by Crippen LogP contribution is -2.52. The van der Waals surface area contributed by atoms with Crippen LogP contribution in [0.1, 0.15) is 66.0 Å². The number of rotatable bonds is 9. The summed E-state index contributed by atoms with van der Waals surface area (Å²) in [6.45, 7) is 8.83. The summed E-state index contributed by atoms with van der Waals surface area (Å²) in [4.78, 5) is 44.0. The van der Waals surface area contributed by atoms with Crippen molar-refractivity contribution in [2.75, 3.05) is 61.5 Å². The van der Waals surface area contributed by atoms with Crippen LogP contribution < -0.4 is 25.2 Å². The van der Waals surface area contributed by atoms with E-state index in [0.717, 1.165) is 92.5 Å². The fourth-order valence-corrected chi connectivity index (χ4v) is 8.47. The van der Waals surface area contributed by atoms with Gasteiger partial charge in [-0.25, -0.2) is 14.8 Å². The molecule has 53 heavy (non-hydrogen) atoms. The Morgan fingerprint density at radius 3 is 2.40 bits per heavy atom. The number of methoxy groups -OCH3 is 1. The van der Waals surface area contributed by atoms with Gasteiger partial charge in [-0.15, -0.1) is 0 Å². The number of nitrogens with zero attached hydrogens (tertiary/aromatic N) is 6. The summed E-state index contributed by atoms with van der Waals surface area (Å²) in [6.07, 6.45) is 7.93. The maximum Gasteiger partial charge on any atom is 0.331 e. The van der Waals surface area contributed by atoms with Crippen LogP contribution >= 0.6 is 0 Å². The van der Waals surface area contributed by atoms with Crippen LogP contribution in [0, 0.1) is 6.92 Å². The third kappa shape index (κ3) is 7.72. The van der Waals surface area contributed by atoms with Crippen LogP contribution in [0.4, 0.5) is 27.8 Å². The Kier molecular flexibility index (Phi) is 10.3. The third-order valence-electron chi connectivity index (χ3n) is 11.6. The monoisotopic (exact) mass is 714 g/mol. The van der Waals surface area contributed by atoms with Crippen molar-refractivity contribution in [3.8, 4) is 5.75 Å². The van der Waals surface area contributed by atoms with Crippen molar-refractivity contribution in [2.45, 2.75) is 70.5 Å². The number of fused-ring (bicyclic) bond motifs is 1. The molecule has 3 amide bonds. The molecule has 0 spiro atoms. The lowest BCUT2D eigenvalue weighted by molar-refractivity contribution is -0.129. The first kappa shape index (κ1) is 35.1. The van der Waals surface area contributed by atoms with Crippen LogP contribution in [0.2, 0.25) is 0 Å². The number of aromatic nitrogens is 2. The van der Waals surface area contributed by atoms with Crippen LogP contribution in [0.3, 0.4) is 0 Å². The molecule has 0 radical (unpaired) electrons. The number of urea groups is 1. The molecule has 0 aliphatic carbocycles. The molecule has 0 unspecified atom stereocenters. The first-order chi connectivity index (χ1) is 25.9. The van der Waals surface area contributed by atoms with E-state index in [-0.39, 0.29) is 18.5 Å². The zero-order chi connectivity index (χ0) is 36.3. The SMILES string of the molecule is COc1ccc(CN2C(=O)CCN(c3ccc(N4CCC(N5CCC(c6ccc(Nc7ncc8c(n7)CNCC8)cc6)CC5)CC4)cc3C)C2=O)cc1. The standard InChI is InChI=1S/C42H50N8O3/c1-29-25-36(9-12-39(29)49-24-18-40(51)50(42(49)52)28-30-3-10-37(53-2)11-4-30)48-22-16-35(17-23-48)47-20-14-32(15-21-47)31-5-7-34(8-6-31)45-41-44-26-33-13-19-43-27-38(33)46-41/h3-12,25-26,32,35,43H,13-24,27-28H2,1-2H3,(H,44,45,46). The van der Waals surface area contributed by atoms with Gasteiger partial charge in [0.05, 0.1) is 19.3 Å². The van der Waals surface area contributed by atoms with Crippen LogP contribution in [-0.4, -0.2) is 84.1 Å². The molecule has 5 heterocycles. The quantitative estimate of drug-likeness (QED) is 0.204. The zero-order valence-corrected chi connectivity index (χ0v) is 30.9. The van der Waals surface area contributed by atoms with Crippen molar-refractivity contribution in [3.05, 3.63) is 101 Å². The zero-order valence-electron chi connectivity index (χ0n) is 30.9. The van der Waals surface area contributed by atoms with Crippen molar-refractivity contribution in [3.63, 3.8) is 0 Å². The smallest absolute Gasteiger partial charge is 0.331 e. The number of anilines is 4. The third-order valence-corrected chi connectivity index (χ3v) is 11.6. The van der Waals surface area contributed by atoms with E-state index in [9.17, 15) is 9.59 Å². The number of piperidine rings is 2. The van der Waals surface area contributed by atoms with Gasteiger partial charge in [0.2, 0.25) is 11.9 Å². The highest BCUT2D eigenvalue weighted by molar-refractivity contribution is 6.06. The van der Waals surface area contributed by atoms with Crippen molar-refractivity contribution in [1.29, 1.82) is 0 Å². The number of imide groups is 1. The van der Waals surface area contributed by atoms with Crippen LogP contribution in [0.15, 0.2) is 72.9 Å². The van der Waals surface area contributed by atoms with E-state index < -0.39 is 0 Å². The van der Waals surface area contributed by atoms with Crippen LogP contribution in [-0.2, 0) is 24.3 Å². The van der Waals surface area contributed by atoms with E-state index in [0.29, 0.717) is 30.9 Å². The first-order valence-electron chi connectivity index (χ1n) is 19.2. The molecule has 0 bridgehead atoms. The van der Waals surface area contributed by atoms with Gasteiger partial charge in [0, 0.05) is 61.9 Å². The Morgan fingerprint density at radius 2 is 1.66 bits per heavy atom. The minimum atomic E-state index is -0.263. The molecule has 4 aliphatic rings. The summed E-state index contributed by atoms with van der Waals surface area (Å²) in [6, 6.07) is 23.1. The molecular weight excluding hydrogens is 665 g/mol. The minimum absolute atomic E-state index is 0.138. The Hall–Kier alpha value is -5.00. The maximum atomic E-state index is 13.6. The predicted molar refractivity (Wildman–Crippen MR) is 208 cm³/mol. The minimum Gasteiger partial charge on any atom is -0.497 e. The normalized spacial score (nSPS) is 19.0. The molecule has 8 rings (SSSR count). The van der Waals surface area contributed by atoms with E-state index in [1.807, 2.05) is 30.5 Å². The summed E-state index contributed by atoms with van der Waals surface area (Å²) in [5.74, 6) is 1.86. The lowest BCUT2D eigenvalue weighted by atomic mass is 9.88. The van der Waals surface area contributed by atoms with Crippen LogP contribution in [0.25, 0.3) is 0 Å². The molecule has 11 nitrogen and oxygen atoms in total. The number of carbonyl (C=O) groups is 2. The van der Waals surface area contributed by atoms with Gasteiger partial charge in [0.15, 0.2) is 0 Å². The van der Waals surface area contributed by atoms with Crippen molar-refractivity contribution in [2.24, 2.45) is 0 Å². The summed E-state index contributed by atoms with van der Waals surface area (Å²) < 4.78 is 5.25. The number of aryl methyl sites for hydroxylation is 1. The van der Waals surface area contributed by atoms with Gasteiger partial charge in [-0.05, 0) is 129 Å². The predicted octanol–water partition coefficient (Wildman–Crippen LogP) is 6.39. The van der Waals surface area contributed by atoms with E-state index >= 15 is 0 Å². The Balaban J connectivity index is 0.815. The number of nitrogens with one attached hydrogen (secondary N) is 2. The molecule has 3 aromatic carbocycles. The Bertz CT molecular complexity index is 1920. The number of hydrogen-bond acceptors (Lipinski definition) is 9. The van der Waals surface area contributed by atoms with E-state index in [1.54, 1.807) is 12.0 Å². The lowest BCUT2D eigenvalue weighted by Gasteiger charge is -2.42.